The van der Waals surface area contributed by atoms with E-state index in [-0.39, 0.29) is 11.2 Å². The lowest BCUT2D eigenvalue weighted by Gasteiger charge is -2.28. The fourth-order valence-corrected chi connectivity index (χ4v) is 2.90. The maximum Gasteiger partial charge on any atom is 0.166 e. The van der Waals surface area contributed by atoms with Gasteiger partial charge in [-0.2, -0.15) is 5.10 Å². The number of carbonyl (C=O) groups excluding carboxylic acids is 1. The van der Waals surface area contributed by atoms with E-state index in [0.717, 1.165) is 29.1 Å². The number of fused-ring (bicyclic) bond motifs is 1. The standard InChI is InChI=1S/C17H20N2O2/c1-4-21-13-7-5-12(6-8-13)19-15-9-17(2,3)10-16(20)14(15)11-18-19/h5-8,11H,4,9-10H2,1-3H3. The zero-order chi connectivity index (χ0) is 15.0. The van der Waals surface area contributed by atoms with Crippen LogP contribution >= 0.6 is 0 Å². The summed E-state index contributed by atoms with van der Waals surface area (Å²) in [5.41, 5.74) is 2.74. The van der Waals surface area contributed by atoms with E-state index < -0.39 is 0 Å². The Labute approximate surface area is 124 Å². The Hall–Kier alpha value is -2.10. The quantitative estimate of drug-likeness (QED) is 0.867. The van der Waals surface area contributed by atoms with Crippen molar-refractivity contribution in [1.29, 1.82) is 0 Å². The highest BCUT2D eigenvalue weighted by Crippen LogP contribution is 2.35. The molecule has 0 fully saturated rings. The first kappa shape index (κ1) is 13.9. The molecule has 0 amide bonds. The van der Waals surface area contributed by atoms with E-state index in [9.17, 15) is 4.79 Å². The number of hydrogen-bond acceptors (Lipinski definition) is 3. The molecule has 0 saturated carbocycles. The first-order valence-electron chi connectivity index (χ1n) is 7.33. The van der Waals surface area contributed by atoms with E-state index in [1.807, 2.05) is 35.9 Å². The number of nitrogens with zero attached hydrogens (tertiary/aromatic N) is 2. The van der Waals surface area contributed by atoms with Crippen LogP contribution in [0.3, 0.4) is 0 Å². The van der Waals surface area contributed by atoms with Crippen molar-refractivity contribution < 1.29 is 9.53 Å². The van der Waals surface area contributed by atoms with Gasteiger partial charge in [0.25, 0.3) is 0 Å². The predicted octanol–water partition coefficient (Wildman–Crippen LogP) is 3.43. The van der Waals surface area contributed by atoms with Crippen LogP contribution in [0.4, 0.5) is 0 Å². The Morgan fingerprint density at radius 2 is 1.95 bits per heavy atom. The number of carbonyl (C=O) groups is 1. The third-order valence-electron chi connectivity index (χ3n) is 3.85. The molecule has 4 heteroatoms. The summed E-state index contributed by atoms with van der Waals surface area (Å²) in [7, 11) is 0. The van der Waals surface area contributed by atoms with Crippen molar-refractivity contribution in [2.75, 3.05) is 6.61 Å². The number of aromatic nitrogens is 2. The number of hydrogen-bond donors (Lipinski definition) is 0. The lowest BCUT2D eigenvalue weighted by molar-refractivity contribution is 0.0911. The van der Waals surface area contributed by atoms with Crippen LogP contribution in [0.5, 0.6) is 5.75 Å². The van der Waals surface area contributed by atoms with Crippen LogP contribution in [0, 0.1) is 5.41 Å². The van der Waals surface area contributed by atoms with Crippen LogP contribution < -0.4 is 4.74 Å². The lowest BCUT2D eigenvalue weighted by Crippen LogP contribution is -2.27. The molecular weight excluding hydrogens is 264 g/mol. The summed E-state index contributed by atoms with van der Waals surface area (Å²) in [6.45, 7) is 6.87. The highest BCUT2D eigenvalue weighted by molar-refractivity contribution is 5.98. The molecule has 0 saturated heterocycles. The molecule has 0 atom stereocenters. The van der Waals surface area contributed by atoms with Gasteiger partial charge in [-0.15, -0.1) is 0 Å². The number of ketones is 1. The summed E-state index contributed by atoms with van der Waals surface area (Å²) in [4.78, 5) is 12.2. The second-order valence-electron chi connectivity index (χ2n) is 6.28. The van der Waals surface area contributed by atoms with Gasteiger partial charge in [0.05, 0.1) is 29.7 Å². The van der Waals surface area contributed by atoms with Crippen LogP contribution in [0.15, 0.2) is 30.5 Å². The van der Waals surface area contributed by atoms with Gasteiger partial charge in [0.1, 0.15) is 5.75 Å². The summed E-state index contributed by atoms with van der Waals surface area (Å²) >= 11 is 0. The van der Waals surface area contributed by atoms with Crippen molar-refractivity contribution in [3.63, 3.8) is 0 Å². The maximum atomic E-state index is 12.2. The molecule has 0 aliphatic heterocycles. The van der Waals surface area contributed by atoms with E-state index in [1.54, 1.807) is 6.20 Å². The molecule has 4 nitrogen and oxygen atoms in total. The fraction of sp³-hybridized carbons (Fsp3) is 0.412. The highest BCUT2D eigenvalue weighted by Gasteiger charge is 2.33. The van der Waals surface area contributed by atoms with Gasteiger partial charge in [0.15, 0.2) is 5.78 Å². The van der Waals surface area contributed by atoms with Crippen molar-refractivity contribution in [3.8, 4) is 11.4 Å². The van der Waals surface area contributed by atoms with E-state index in [4.69, 9.17) is 4.74 Å². The Morgan fingerprint density at radius 1 is 1.24 bits per heavy atom. The molecule has 1 heterocycles. The second kappa shape index (κ2) is 5.02. The smallest absolute Gasteiger partial charge is 0.166 e. The van der Waals surface area contributed by atoms with Crippen LogP contribution in [0.2, 0.25) is 0 Å². The van der Waals surface area contributed by atoms with Gasteiger partial charge >= 0.3 is 0 Å². The molecular formula is C17H20N2O2. The molecule has 1 aromatic carbocycles. The molecule has 1 aliphatic carbocycles. The van der Waals surface area contributed by atoms with Gasteiger partial charge in [0.2, 0.25) is 0 Å². The maximum absolute atomic E-state index is 12.2. The van der Waals surface area contributed by atoms with E-state index >= 15 is 0 Å². The van der Waals surface area contributed by atoms with Gasteiger partial charge in [0, 0.05) is 6.42 Å². The summed E-state index contributed by atoms with van der Waals surface area (Å²) < 4.78 is 7.34. The Bertz CT molecular complexity index is 669. The third-order valence-corrected chi connectivity index (χ3v) is 3.85. The monoisotopic (exact) mass is 284 g/mol. The van der Waals surface area contributed by atoms with Crippen LogP contribution in [-0.2, 0) is 6.42 Å². The van der Waals surface area contributed by atoms with E-state index in [2.05, 4.69) is 18.9 Å². The minimum atomic E-state index is -0.00682. The minimum Gasteiger partial charge on any atom is -0.494 e. The average Bonchev–Trinajstić information content (AvgIpc) is 2.82. The summed E-state index contributed by atoms with van der Waals surface area (Å²) in [5.74, 6) is 1.04. The molecule has 1 aliphatic rings. The van der Waals surface area contributed by atoms with Gasteiger partial charge in [-0.1, -0.05) is 13.8 Å². The van der Waals surface area contributed by atoms with E-state index in [0.29, 0.717) is 13.0 Å². The fourth-order valence-electron chi connectivity index (χ4n) is 2.90. The Morgan fingerprint density at radius 3 is 2.62 bits per heavy atom. The summed E-state index contributed by atoms with van der Waals surface area (Å²) in [6, 6.07) is 7.82. The van der Waals surface area contributed by atoms with Crippen molar-refractivity contribution >= 4 is 5.78 Å². The molecule has 0 spiro atoms. The SMILES string of the molecule is CCOc1ccc(-n2ncc3c2CC(C)(C)CC3=O)cc1. The van der Waals surface area contributed by atoms with E-state index in [1.165, 1.54) is 0 Å². The Kier molecular flexibility index (Phi) is 3.32. The first-order valence-corrected chi connectivity index (χ1v) is 7.33. The molecule has 2 aromatic rings. The lowest BCUT2D eigenvalue weighted by atomic mass is 9.76. The van der Waals surface area contributed by atoms with Gasteiger partial charge < -0.3 is 4.74 Å². The van der Waals surface area contributed by atoms with Gasteiger partial charge in [-0.3, -0.25) is 4.79 Å². The normalized spacial score (nSPS) is 16.6. The number of ether oxygens (including phenoxy) is 1. The van der Waals surface area contributed by atoms with Crippen molar-refractivity contribution in [2.24, 2.45) is 5.41 Å². The van der Waals surface area contributed by atoms with Crippen LogP contribution in [-0.4, -0.2) is 22.2 Å². The molecule has 110 valence electrons. The van der Waals surface area contributed by atoms with Gasteiger partial charge in [-0.05, 0) is 43.0 Å². The first-order chi connectivity index (χ1) is 10.00. The van der Waals surface area contributed by atoms with Crippen LogP contribution in [0.1, 0.15) is 43.2 Å². The molecule has 0 radical (unpaired) electrons. The molecule has 3 rings (SSSR count). The molecule has 21 heavy (non-hydrogen) atoms. The molecule has 0 unspecified atom stereocenters. The minimum absolute atomic E-state index is 0.00682. The van der Waals surface area contributed by atoms with Gasteiger partial charge in [-0.25, -0.2) is 4.68 Å². The number of Topliss-reactive ketones (excluding diaryl/α,β-unsaturated/α-hetero) is 1. The van der Waals surface area contributed by atoms with Crippen LogP contribution in [0.25, 0.3) is 5.69 Å². The summed E-state index contributed by atoms with van der Waals surface area (Å²) in [6.07, 6.45) is 3.15. The molecule has 1 aromatic heterocycles. The molecule has 0 N–H and O–H groups in total. The number of rotatable bonds is 3. The largest absolute Gasteiger partial charge is 0.494 e. The van der Waals surface area contributed by atoms with Crippen molar-refractivity contribution in [2.45, 2.75) is 33.6 Å². The Balaban J connectivity index is 1.99. The average molecular weight is 284 g/mol. The third kappa shape index (κ3) is 2.58. The number of benzene rings is 1. The zero-order valence-electron chi connectivity index (χ0n) is 12.7. The topological polar surface area (TPSA) is 44.1 Å². The highest BCUT2D eigenvalue weighted by atomic mass is 16.5. The van der Waals surface area contributed by atoms with Crippen molar-refractivity contribution in [1.82, 2.24) is 9.78 Å². The second-order valence-corrected chi connectivity index (χ2v) is 6.28. The summed E-state index contributed by atoms with van der Waals surface area (Å²) in [5, 5.41) is 4.41. The predicted molar refractivity (Wildman–Crippen MR) is 81.2 cm³/mol. The van der Waals surface area contributed by atoms with Crippen molar-refractivity contribution in [3.05, 3.63) is 41.7 Å². The molecule has 0 bridgehead atoms. The zero-order valence-corrected chi connectivity index (χ0v) is 12.7.